The number of hydrogen-bond acceptors (Lipinski definition) is 3. The third-order valence-electron chi connectivity index (χ3n) is 2.79. The van der Waals surface area contributed by atoms with Crippen molar-refractivity contribution in [3.05, 3.63) is 32.9 Å². The van der Waals surface area contributed by atoms with Crippen LogP contribution in [0.5, 0.6) is 0 Å². The number of aliphatic hydroxyl groups is 1. The van der Waals surface area contributed by atoms with Crippen molar-refractivity contribution in [2.75, 3.05) is 6.61 Å². The second kappa shape index (κ2) is 3.51. The van der Waals surface area contributed by atoms with Crippen molar-refractivity contribution in [1.29, 1.82) is 0 Å². The fourth-order valence-electron chi connectivity index (χ4n) is 1.90. The van der Waals surface area contributed by atoms with E-state index in [-0.39, 0.29) is 25.4 Å². The van der Waals surface area contributed by atoms with E-state index in [2.05, 4.69) is 0 Å². The van der Waals surface area contributed by atoms with E-state index in [0.29, 0.717) is 10.8 Å². The van der Waals surface area contributed by atoms with E-state index < -0.39 is 22.9 Å². The Balaban J connectivity index is 2.39. The van der Waals surface area contributed by atoms with E-state index in [9.17, 15) is 18.4 Å². The quantitative estimate of drug-likeness (QED) is 0.735. The van der Waals surface area contributed by atoms with Crippen LogP contribution in [-0.4, -0.2) is 21.3 Å². The maximum atomic E-state index is 14.0. The predicted molar refractivity (Wildman–Crippen MR) is 50.2 cm³/mol. The second-order valence-corrected chi connectivity index (χ2v) is 3.98. The second-order valence-electron chi connectivity index (χ2n) is 3.98. The number of nitrogens with one attached hydrogen (secondary N) is 1. The number of halogens is 2. The monoisotopic (exact) mass is 232 g/mol. The van der Waals surface area contributed by atoms with Crippen LogP contribution in [0.15, 0.2) is 15.8 Å². The molecule has 2 N–H and O–H groups in total. The van der Waals surface area contributed by atoms with Crippen LogP contribution in [0.1, 0.15) is 12.8 Å². The Morgan fingerprint density at radius 2 is 2.19 bits per heavy atom. The largest absolute Gasteiger partial charge is 0.396 e. The summed E-state index contributed by atoms with van der Waals surface area (Å²) in [5.74, 6) is -3.44. The van der Waals surface area contributed by atoms with Gasteiger partial charge < -0.3 is 5.11 Å². The number of rotatable bonds is 2. The fraction of sp³-hybridized carbons (Fsp3) is 0.556. The van der Waals surface area contributed by atoms with Crippen molar-refractivity contribution in [3.63, 3.8) is 0 Å². The van der Waals surface area contributed by atoms with Crippen molar-refractivity contribution in [1.82, 2.24) is 9.55 Å². The molecule has 1 saturated carbocycles. The lowest BCUT2D eigenvalue weighted by atomic mass is 9.78. The minimum absolute atomic E-state index is 0.0606. The molecule has 5 nitrogen and oxygen atoms in total. The molecule has 0 radical (unpaired) electrons. The third kappa shape index (κ3) is 1.57. The molecule has 1 aliphatic carbocycles. The molecule has 0 bridgehead atoms. The summed E-state index contributed by atoms with van der Waals surface area (Å²) in [6.07, 6.45) is 0.443. The highest BCUT2D eigenvalue weighted by Crippen LogP contribution is 2.43. The first-order valence-corrected chi connectivity index (χ1v) is 4.78. The van der Waals surface area contributed by atoms with Gasteiger partial charge >= 0.3 is 5.69 Å². The van der Waals surface area contributed by atoms with Gasteiger partial charge in [0.05, 0.1) is 6.20 Å². The summed E-state index contributed by atoms with van der Waals surface area (Å²) in [7, 11) is 0. The Hall–Kier alpha value is -1.50. The van der Waals surface area contributed by atoms with E-state index in [1.54, 1.807) is 4.98 Å². The maximum absolute atomic E-state index is 14.0. The lowest BCUT2D eigenvalue weighted by Gasteiger charge is -2.41. The molecule has 1 heterocycles. The number of nitrogens with zero attached hydrogens (tertiary/aromatic N) is 1. The number of aromatic amines is 1. The smallest absolute Gasteiger partial charge is 0.331 e. The summed E-state index contributed by atoms with van der Waals surface area (Å²) in [4.78, 5) is 23.7. The zero-order chi connectivity index (χ0) is 11.9. The van der Waals surface area contributed by atoms with Crippen molar-refractivity contribution in [2.24, 2.45) is 5.92 Å². The Bertz CT molecular complexity index is 516. The highest BCUT2D eigenvalue weighted by molar-refractivity contribution is 4.97. The van der Waals surface area contributed by atoms with Gasteiger partial charge in [-0.2, -0.15) is 4.39 Å². The molecule has 1 aromatic heterocycles. The topological polar surface area (TPSA) is 75.1 Å². The molecular weight excluding hydrogens is 222 g/mol. The summed E-state index contributed by atoms with van der Waals surface area (Å²) in [6.45, 7) is -0.174. The van der Waals surface area contributed by atoms with Crippen LogP contribution in [0.3, 0.4) is 0 Å². The van der Waals surface area contributed by atoms with E-state index in [1.807, 2.05) is 0 Å². The van der Waals surface area contributed by atoms with Gasteiger partial charge in [-0.15, -0.1) is 0 Å². The van der Waals surface area contributed by atoms with Gasteiger partial charge in [0.2, 0.25) is 5.82 Å². The molecule has 0 spiro atoms. The van der Waals surface area contributed by atoms with Crippen LogP contribution in [-0.2, 0) is 5.79 Å². The molecule has 2 rings (SSSR count). The summed E-state index contributed by atoms with van der Waals surface area (Å²) in [6, 6.07) is 0. The highest BCUT2D eigenvalue weighted by Gasteiger charge is 2.47. The first kappa shape index (κ1) is 11.0. The van der Waals surface area contributed by atoms with Crippen molar-refractivity contribution < 1.29 is 13.9 Å². The molecular formula is C9H10F2N2O3. The number of H-pyrrole nitrogens is 1. The SMILES string of the molecule is O=c1[nH]c(=O)n(C2(F)CC(CO)C2)cc1F. The van der Waals surface area contributed by atoms with Crippen LogP contribution in [0.2, 0.25) is 0 Å². The van der Waals surface area contributed by atoms with Crippen molar-refractivity contribution in [2.45, 2.75) is 18.6 Å². The van der Waals surface area contributed by atoms with Crippen molar-refractivity contribution in [3.8, 4) is 0 Å². The zero-order valence-corrected chi connectivity index (χ0v) is 8.24. The molecule has 16 heavy (non-hydrogen) atoms. The molecule has 1 aliphatic rings. The van der Waals surface area contributed by atoms with Crippen LogP contribution in [0.25, 0.3) is 0 Å². The minimum Gasteiger partial charge on any atom is -0.396 e. The van der Waals surface area contributed by atoms with Gasteiger partial charge in [0, 0.05) is 19.4 Å². The van der Waals surface area contributed by atoms with Crippen LogP contribution >= 0.6 is 0 Å². The fourth-order valence-corrected chi connectivity index (χ4v) is 1.90. The Kier molecular flexibility index (Phi) is 2.42. The summed E-state index contributed by atoms with van der Waals surface area (Å²) in [5, 5.41) is 8.75. The molecule has 0 aliphatic heterocycles. The van der Waals surface area contributed by atoms with Crippen molar-refractivity contribution >= 4 is 0 Å². The molecule has 0 saturated heterocycles. The van der Waals surface area contributed by atoms with E-state index in [0.717, 1.165) is 0 Å². The van der Waals surface area contributed by atoms with Gasteiger partial charge in [-0.25, -0.2) is 9.18 Å². The maximum Gasteiger partial charge on any atom is 0.331 e. The van der Waals surface area contributed by atoms with Crippen LogP contribution < -0.4 is 11.2 Å². The molecule has 1 aromatic rings. The van der Waals surface area contributed by atoms with Gasteiger partial charge in [-0.1, -0.05) is 0 Å². The lowest BCUT2D eigenvalue weighted by molar-refractivity contribution is -0.0858. The third-order valence-corrected chi connectivity index (χ3v) is 2.79. The van der Waals surface area contributed by atoms with Gasteiger partial charge in [-0.05, 0) is 5.92 Å². The Labute approximate surface area is 88.3 Å². The number of aliphatic hydroxyl groups excluding tert-OH is 1. The molecule has 1 fully saturated rings. The van der Waals surface area contributed by atoms with E-state index in [1.165, 1.54) is 0 Å². The first-order valence-electron chi connectivity index (χ1n) is 4.78. The molecule has 88 valence electrons. The number of aromatic nitrogens is 2. The van der Waals surface area contributed by atoms with Gasteiger partial charge in [0.15, 0.2) is 5.79 Å². The minimum atomic E-state index is -2.00. The molecule has 0 aromatic carbocycles. The summed E-state index contributed by atoms with van der Waals surface area (Å²) < 4.78 is 27.5. The number of hydrogen-bond donors (Lipinski definition) is 2. The average Bonchev–Trinajstić information content (AvgIpc) is 2.18. The predicted octanol–water partition coefficient (Wildman–Crippen LogP) is -0.300. The molecule has 0 atom stereocenters. The first-order chi connectivity index (χ1) is 7.46. The number of alkyl halides is 1. The highest BCUT2D eigenvalue weighted by atomic mass is 19.1. The van der Waals surface area contributed by atoms with Crippen LogP contribution in [0, 0.1) is 11.7 Å². The van der Waals surface area contributed by atoms with Gasteiger partial charge in [0.25, 0.3) is 5.56 Å². The Morgan fingerprint density at radius 3 is 2.75 bits per heavy atom. The standard InChI is InChI=1S/C9H10F2N2O3/c10-6-3-13(8(16)12-7(6)15)9(11)1-5(2-9)4-14/h3,5,14H,1-2,4H2,(H,12,15,16). The van der Waals surface area contributed by atoms with Gasteiger partial charge in [0.1, 0.15) is 0 Å². The van der Waals surface area contributed by atoms with Crippen LogP contribution in [0.4, 0.5) is 8.78 Å². The van der Waals surface area contributed by atoms with Gasteiger partial charge in [-0.3, -0.25) is 14.3 Å². The molecule has 7 heteroatoms. The lowest BCUT2D eigenvalue weighted by Crippen LogP contribution is -2.50. The summed E-state index contributed by atoms with van der Waals surface area (Å²) in [5.41, 5.74) is -2.15. The molecule has 0 unspecified atom stereocenters. The van der Waals surface area contributed by atoms with E-state index in [4.69, 9.17) is 5.11 Å². The van der Waals surface area contributed by atoms with E-state index >= 15 is 0 Å². The normalized spacial score (nSPS) is 28.8. The zero-order valence-electron chi connectivity index (χ0n) is 8.24. The Morgan fingerprint density at radius 1 is 1.56 bits per heavy atom. The summed E-state index contributed by atoms with van der Waals surface area (Å²) >= 11 is 0. The molecule has 0 amide bonds. The average molecular weight is 232 g/mol.